The molecule has 5 nitrogen and oxygen atoms in total. The van der Waals surface area contributed by atoms with Gasteiger partial charge in [0.25, 0.3) is 5.91 Å². The summed E-state index contributed by atoms with van der Waals surface area (Å²) in [7, 11) is 0. The van der Waals surface area contributed by atoms with Crippen LogP contribution < -0.4 is 5.32 Å². The summed E-state index contributed by atoms with van der Waals surface area (Å²) in [4.78, 5) is 29.6. The van der Waals surface area contributed by atoms with E-state index in [0.717, 1.165) is 63.8 Å². The molecule has 5 heteroatoms. The molecule has 3 heterocycles. The highest BCUT2D eigenvalue weighted by Crippen LogP contribution is 2.39. The monoisotopic (exact) mass is 355 g/mol. The number of hydrogen-bond acceptors (Lipinski definition) is 3. The molecule has 26 heavy (non-hydrogen) atoms. The van der Waals surface area contributed by atoms with Crippen LogP contribution in [-0.4, -0.2) is 60.4 Å². The van der Waals surface area contributed by atoms with Crippen molar-refractivity contribution in [2.45, 2.75) is 44.6 Å². The van der Waals surface area contributed by atoms with Gasteiger partial charge in [-0.25, -0.2) is 0 Å². The first-order chi connectivity index (χ1) is 12.7. The Labute approximate surface area is 155 Å². The van der Waals surface area contributed by atoms with Gasteiger partial charge in [-0.3, -0.25) is 9.59 Å². The summed E-state index contributed by atoms with van der Waals surface area (Å²) in [6.45, 7) is 4.47. The molecule has 3 aliphatic heterocycles. The van der Waals surface area contributed by atoms with Gasteiger partial charge in [0.2, 0.25) is 5.91 Å². The summed E-state index contributed by atoms with van der Waals surface area (Å²) in [5.41, 5.74) is 1.04. The molecule has 1 spiro atoms. The molecule has 1 atom stereocenters. The van der Waals surface area contributed by atoms with E-state index in [0.29, 0.717) is 18.4 Å². The molecule has 1 aromatic carbocycles. The summed E-state index contributed by atoms with van der Waals surface area (Å²) in [5.74, 6) is 0.379. The molecule has 1 aromatic rings. The first-order valence-corrected chi connectivity index (χ1v) is 10.0. The van der Waals surface area contributed by atoms with Gasteiger partial charge < -0.3 is 15.1 Å². The minimum absolute atomic E-state index is 0.0938. The van der Waals surface area contributed by atoms with Crippen molar-refractivity contribution in [3.63, 3.8) is 0 Å². The molecule has 0 aliphatic carbocycles. The Morgan fingerprint density at radius 2 is 1.88 bits per heavy atom. The lowest BCUT2D eigenvalue weighted by Crippen LogP contribution is -2.58. The first-order valence-electron chi connectivity index (χ1n) is 10.0. The van der Waals surface area contributed by atoms with E-state index >= 15 is 0 Å². The van der Waals surface area contributed by atoms with Crippen molar-refractivity contribution < 1.29 is 9.59 Å². The number of hydrogen-bond donors (Lipinski definition) is 1. The molecule has 0 saturated carbocycles. The number of nitrogens with zero attached hydrogens (tertiary/aromatic N) is 2. The Kier molecular flexibility index (Phi) is 4.98. The minimum Gasteiger partial charge on any atom is -0.337 e. The van der Waals surface area contributed by atoms with E-state index in [2.05, 4.69) is 10.2 Å². The lowest BCUT2D eigenvalue weighted by molar-refractivity contribution is -0.142. The molecule has 3 fully saturated rings. The van der Waals surface area contributed by atoms with Crippen molar-refractivity contribution in [1.29, 1.82) is 0 Å². The van der Waals surface area contributed by atoms with Crippen molar-refractivity contribution in [2.75, 3.05) is 32.7 Å². The quantitative estimate of drug-likeness (QED) is 0.886. The zero-order valence-electron chi connectivity index (χ0n) is 15.5. The number of likely N-dealkylation sites (tertiary alicyclic amines) is 2. The van der Waals surface area contributed by atoms with Crippen LogP contribution >= 0.6 is 0 Å². The van der Waals surface area contributed by atoms with E-state index in [4.69, 9.17) is 0 Å². The third-order valence-electron chi connectivity index (χ3n) is 6.50. The van der Waals surface area contributed by atoms with Crippen LogP contribution in [0.4, 0.5) is 0 Å². The Morgan fingerprint density at radius 3 is 2.65 bits per heavy atom. The van der Waals surface area contributed by atoms with Crippen LogP contribution in [0.5, 0.6) is 0 Å². The lowest BCUT2D eigenvalue weighted by Gasteiger charge is -2.49. The number of benzene rings is 1. The van der Waals surface area contributed by atoms with Crippen molar-refractivity contribution in [2.24, 2.45) is 5.41 Å². The van der Waals surface area contributed by atoms with Gasteiger partial charge >= 0.3 is 0 Å². The third kappa shape index (κ3) is 3.50. The van der Waals surface area contributed by atoms with E-state index in [1.54, 1.807) is 0 Å². The van der Waals surface area contributed by atoms with E-state index in [1.165, 1.54) is 0 Å². The third-order valence-corrected chi connectivity index (χ3v) is 6.50. The molecule has 1 N–H and O–H groups in total. The van der Waals surface area contributed by atoms with Crippen LogP contribution in [-0.2, 0) is 4.79 Å². The molecule has 3 saturated heterocycles. The van der Waals surface area contributed by atoms with Crippen molar-refractivity contribution in [3.05, 3.63) is 35.9 Å². The average Bonchev–Trinajstić information content (AvgIpc) is 2.71. The van der Waals surface area contributed by atoms with Crippen LogP contribution in [0.1, 0.15) is 48.9 Å². The topological polar surface area (TPSA) is 52.7 Å². The average molecular weight is 355 g/mol. The summed E-state index contributed by atoms with van der Waals surface area (Å²) < 4.78 is 0. The highest BCUT2D eigenvalue weighted by atomic mass is 16.2. The van der Waals surface area contributed by atoms with E-state index < -0.39 is 0 Å². The fourth-order valence-electron chi connectivity index (χ4n) is 4.90. The Morgan fingerprint density at radius 1 is 1.12 bits per heavy atom. The predicted molar refractivity (Wildman–Crippen MR) is 101 cm³/mol. The fraction of sp³-hybridized carbons (Fsp3) is 0.619. The van der Waals surface area contributed by atoms with Gasteiger partial charge in [0.05, 0.1) is 0 Å². The van der Waals surface area contributed by atoms with Gasteiger partial charge in [-0.1, -0.05) is 18.2 Å². The molecule has 0 aromatic heterocycles. The van der Waals surface area contributed by atoms with E-state index in [9.17, 15) is 9.59 Å². The van der Waals surface area contributed by atoms with Gasteiger partial charge in [-0.05, 0) is 62.7 Å². The Hall–Kier alpha value is -1.88. The van der Waals surface area contributed by atoms with Crippen LogP contribution in [0.25, 0.3) is 0 Å². The van der Waals surface area contributed by atoms with E-state index in [1.807, 2.05) is 35.2 Å². The highest BCUT2D eigenvalue weighted by molar-refractivity contribution is 5.94. The maximum Gasteiger partial charge on any atom is 0.253 e. The second kappa shape index (κ2) is 7.39. The van der Waals surface area contributed by atoms with Gasteiger partial charge in [-0.15, -0.1) is 0 Å². The second-order valence-electron chi connectivity index (χ2n) is 8.18. The van der Waals surface area contributed by atoms with Gasteiger partial charge in [0.1, 0.15) is 0 Å². The fourth-order valence-corrected chi connectivity index (χ4v) is 4.90. The van der Waals surface area contributed by atoms with Crippen molar-refractivity contribution in [3.8, 4) is 0 Å². The van der Waals surface area contributed by atoms with Crippen LogP contribution in [0, 0.1) is 5.41 Å². The van der Waals surface area contributed by atoms with Gasteiger partial charge in [-0.2, -0.15) is 0 Å². The van der Waals surface area contributed by atoms with Crippen molar-refractivity contribution in [1.82, 2.24) is 15.1 Å². The predicted octanol–water partition coefficient (Wildman–Crippen LogP) is 2.28. The van der Waals surface area contributed by atoms with Crippen molar-refractivity contribution >= 4 is 11.8 Å². The number of rotatable bonds is 2. The summed E-state index contributed by atoms with van der Waals surface area (Å²) >= 11 is 0. The number of amides is 2. The SMILES string of the molecule is O=C(c1ccccc1)N1CCCC(N2CC3(CCNCC3)CCC2=O)C1. The molecule has 2 amide bonds. The Balaban J connectivity index is 1.46. The lowest BCUT2D eigenvalue weighted by atomic mass is 9.72. The molecule has 1 unspecified atom stereocenters. The standard InChI is InChI=1S/C21H29N3O2/c25-19-8-9-21(10-12-22-13-11-21)16-24(19)18-7-4-14-23(15-18)20(26)17-5-2-1-3-6-17/h1-3,5-6,18,22H,4,7-16H2. The molecule has 3 aliphatic rings. The summed E-state index contributed by atoms with van der Waals surface area (Å²) in [6.07, 6.45) is 6.01. The highest BCUT2D eigenvalue weighted by Gasteiger charge is 2.42. The number of nitrogens with one attached hydrogen (secondary N) is 1. The number of piperidine rings is 3. The zero-order chi connectivity index (χ0) is 18.0. The van der Waals surface area contributed by atoms with Crippen LogP contribution in [0.2, 0.25) is 0 Å². The molecular weight excluding hydrogens is 326 g/mol. The maximum atomic E-state index is 12.8. The van der Waals surface area contributed by atoms with Crippen LogP contribution in [0.3, 0.4) is 0 Å². The maximum absolute atomic E-state index is 12.8. The first kappa shape index (κ1) is 17.5. The minimum atomic E-state index is 0.0938. The molecule has 0 bridgehead atoms. The molecule has 0 radical (unpaired) electrons. The summed E-state index contributed by atoms with van der Waals surface area (Å²) in [6, 6.07) is 9.67. The molecule has 4 rings (SSSR count). The molecule has 140 valence electrons. The number of carbonyl (C=O) groups excluding carboxylic acids is 2. The Bertz CT molecular complexity index is 654. The van der Waals surface area contributed by atoms with Gasteiger partial charge in [0.15, 0.2) is 0 Å². The smallest absolute Gasteiger partial charge is 0.253 e. The largest absolute Gasteiger partial charge is 0.337 e. The van der Waals surface area contributed by atoms with E-state index in [-0.39, 0.29) is 17.9 Å². The van der Waals surface area contributed by atoms with Gasteiger partial charge in [0, 0.05) is 37.7 Å². The normalized spacial score (nSPS) is 26.2. The summed E-state index contributed by atoms with van der Waals surface area (Å²) in [5, 5.41) is 3.45. The molecular formula is C21H29N3O2. The zero-order valence-corrected chi connectivity index (χ0v) is 15.5. The van der Waals surface area contributed by atoms with Crippen LogP contribution in [0.15, 0.2) is 30.3 Å². The number of carbonyl (C=O) groups is 2. The second-order valence-corrected chi connectivity index (χ2v) is 8.18.